The molecule has 0 N–H and O–H groups in total. The van der Waals surface area contributed by atoms with Gasteiger partial charge in [0.2, 0.25) is 0 Å². The Morgan fingerprint density at radius 2 is 1.08 bits per heavy atom. The molecule has 0 bridgehead atoms. The van der Waals surface area contributed by atoms with Crippen LogP contribution in [0.4, 0.5) is 0 Å². The van der Waals surface area contributed by atoms with E-state index in [1.807, 2.05) is 55.5 Å². The quantitative estimate of drug-likeness (QED) is 0.120. The molecule has 0 radical (unpaired) electrons. The van der Waals surface area contributed by atoms with Gasteiger partial charge in [-0.15, -0.1) is 0 Å². The molecular formula is C34H30IO3-. The SMILES string of the molecule is CC(OCCOc1c(-c2ccccc2)cccc1-c1ccccc1)Oc1ccc([I-]c2ccccc2)cc1. The Labute approximate surface area is 235 Å². The third-order valence-corrected chi connectivity index (χ3v) is 8.62. The number of rotatable bonds is 11. The molecule has 0 spiro atoms. The first-order chi connectivity index (χ1) is 18.8. The van der Waals surface area contributed by atoms with Gasteiger partial charge in [0.05, 0.1) is 0 Å². The van der Waals surface area contributed by atoms with Crippen LogP contribution in [0.25, 0.3) is 22.3 Å². The molecule has 0 saturated carbocycles. The summed E-state index contributed by atoms with van der Waals surface area (Å²) < 4.78 is 21.1. The van der Waals surface area contributed by atoms with Crippen molar-refractivity contribution in [2.75, 3.05) is 13.2 Å². The number of ether oxygens (including phenoxy) is 3. The van der Waals surface area contributed by atoms with Crippen molar-refractivity contribution in [3.05, 3.63) is 141 Å². The number of hydrogen-bond donors (Lipinski definition) is 0. The van der Waals surface area contributed by atoms with Gasteiger partial charge in [-0.1, -0.05) is 78.9 Å². The topological polar surface area (TPSA) is 27.7 Å². The first-order valence-corrected chi connectivity index (χ1v) is 14.9. The number of halogens is 1. The number of para-hydroxylation sites is 1. The molecule has 1 unspecified atom stereocenters. The van der Waals surface area contributed by atoms with Crippen LogP contribution in [-0.2, 0) is 4.74 Å². The van der Waals surface area contributed by atoms with Crippen LogP contribution in [0.3, 0.4) is 0 Å². The Kier molecular flexibility index (Phi) is 9.08. The van der Waals surface area contributed by atoms with E-state index in [4.69, 9.17) is 14.2 Å². The van der Waals surface area contributed by atoms with Crippen molar-refractivity contribution in [1.82, 2.24) is 0 Å². The molecule has 38 heavy (non-hydrogen) atoms. The minimum absolute atomic E-state index is 0.183. The van der Waals surface area contributed by atoms with Crippen molar-refractivity contribution < 1.29 is 35.4 Å². The maximum absolute atomic E-state index is 6.37. The van der Waals surface area contributed by atoms with Gasteiger partial charge in [-0.2, -0.15) is 0 Å². The first kappa shape index (κ1) is 26.0. The van der Waals surface area contributed by atoms with Gasteiger partial charge < -0.3 is 0 Å². The second-order valence-corrected chi connectivity index (χ2v) is 11.7. The monoisotopic (exact) mass is 613 g/mol. The summed E-state index contributed by atoms with van der Waals surface area (Å²) >= 11 is -0.183. The first-order valence-electron chi connectivity index (χ1n) is 12.7. The van der Waals surface area contributed by atoms with Crippen LogP contribution in [-0.4, -0.2) is 19.5 Å². The van der Waals surface area contributed by atoms with Crippen LogP contribution in [0.15, 0.2) is 133 Å². The zero-order chi connectivity index (χ0) is 26.0. The van der Waals surface area contributed by atoms with E-state index >= 15 is 0 Å². The molecule has 3 nitrogen and oxygen atoms in total. The molecule has 0 aromatic heterocycles. The summed E-state index contributed by atoms with van der Waals surface area (Å²) in [5.41, 5.74) is 4.37. The molecule has 0 aliphatic carbocycles. The second kappa shape index (κ2) is 13.3. The fourth-order valence-electron chi connectivity index (χ4n) is 4.15. The van der Waals surface area contributed by atoms with Crippen LogP contribution in [0.1, 0.15) is 6.92 Å². The van der Waals surface area contributed by atoms with Gasteiger partial charge in [-0.25, -0.2) is 0 Å². The van der Waals surface area contributed by atoms with Gasteiger partial charge in [0.1, 0.15) is 0 Å². The van der Waals surface area contributed by atoms with E-state index in [1.165, 1.54) is 7.14 Å². The van der Waals surface area contributed by atoms with E-state index in [0.29, 0.717) is 13.2 Å². The predicted octanol–water partition coefficient (Wildman–Crippen LogP) is 4.97. The summed E-state index contributed by atoms with van der Waals surface area (Å²) in [6, 6.07) is 45.9. The van der Waals surface area contributed by atoms with Crippen molar-refractivity contribution in [1.29, 1.82) is 0 Å². The van der Waals surface area contributed by atoms with Crippen LogP contribution >= 0.6 is 0 Å². The van der Waals surface area contributed by atoms with Crippen molar-refractivity contribution in [2.24, 2.45) is 0 Å². The van der Waals surface area contributed by atoms with Gasteiger partial charge >= 0.3 is 146 Å². The van der Waals surface area contributed by atoms with Gasteiger partial charge in [0.25, 0.3) is 0 Å². The van der Waals surface area contributed by atoms with Crippen molar-refractivity contribution in [2.45, 2.75) is 13.2 Å². The van der Waals surface area contributed by atoms with Crippen LogP contribution < -0.4 is 30.7 Å². The predicted molar refractivity (Wildman–Crippen MR) is 149 cm³/mol. The Balaban J connectivity index is 1.19. The molecule has 0 heterocycles. The summed E-state index contributed by atoms with van der Waals surface area (Å²) in [6.45, 7) is 2.74. The molecule has 5 aromatic rings. The van der Waals surface area contributed by atoms with Gasteiger partial charge in [-0.3, -0.25) is 0 Å². The van der Waals surface area contributed by atoms with E-state index in [9.17, 15) is 0 Å². The molecule has 0 fully saturated rings. The maximum atomic E-state index is 6.37. The van der Waals surface area contributed by atoms with Crippen LogP contribution in [0.5, 0.6) is 11.5 Å². The summed E-state index contributed by atoms with van der Waals surface area (Å²) in [5, 5.41) is 0. The number of benzene rings is 5. The Morgan fingerprint density at radius 3 is 1.66 bits per heavy atom. The van der Waals surface area contributed by atoms with Crippen LogP contribution in [0, 0.1) is 7.14 Å². The standard InChI is InChI=1S/C34H30IO3/c1-26(38-31-22-20-30(21-23-31)35-29-16-9-4-10-17-29)36-24-25-37-34-32(27-12-5-2-6-13-27)18-11-19-33(34)28-14-7-3-8-15-28/h2-23,26H,24-25H2,1H3/q-1. The summed E-state index contributed by atoms with van der Waals surface area (Å²) in [4.78, 5) is 0. The van der Waals surface area contributed by atoms with E-state index in [1.54, 1.807) is 0 Å². The molecule has 192 valence electrons. The Morgan fingerprint density at radius 1 is 0.553 bits per heavy atom. The van der Waals surface area contributed by atoms with Gasteiger partial charge in [0, 0.05) is 0 Å². The summed E-state index contributed by atoms with van der Waals surface area (Å²) in [7, 11) is 0. The average molecular weight is 614 g/mol. The molecule has 1 atom stereocenters. The summed E-state index contributed by atoms with van der Waals surface area (Å²) in [5.74, 6) is 1.67. The number of hydrogen-bond acceptors (Lipinski definition) is 3. The molecule has 0 saturated heterocycles. The van der Waals surface area contributed by atoms with Crippen molar-refractivity contribution >= 4 is 0 Å². The molecule has 0 aliphatic heterocycles. The molecule has 5 aromatic carbocycles. The normalized spacial score (nSPS) is 11.7. The van der Waals surface area contributed by atoms with Gasteiger partial charge in [0.15, 0.2) is 0 Å². The van der Waals surface area contributed by atoms with Crippen molar-refractivity contribution in [3.63, 3.8) is 0 Å². The fraction of sp³-hybridized carbons (Fsp3) is 0.118. The molecule has 0 amide bonds. The molecule has 5 rings (SSSR count). The average Bonchev–Trinajstić information content (AvgIpc) is 2.98. The van der Waals surface area contributed by atoms with Crippen LogP contribution in [0.2, 0.25) is 0 Å². The van der Waals surface area contributed by atoms with Crippen molar-refractivity contribution in [3.8, 4) is 33.8 Å². The molecule has 4 heteroatoms. The summed E-state index contributed by atoms with van der Waals surface area (Å²) in [6.07, 6.45) is -0.383. The second-order valence-electron chi connectivity index (χ2n) is 8.66. The van der Waals surface area contributed by atoms with E-state index in [0.717, 1.165) is 33.8 Å². The third-order valence-electron chi connectivity index (χ3n) is 5.93. The molecular weight excluding hydrogens is 583 g/mol. The van der Waals surface area contributed by atoms with E-state index in [-0.39, 0.29) is 27.5 Å². The Bertz CT molecular complexity index is 1350. The third kappa shape index (κ3) is 7.03. The molecule has 0 aliphatic rings. The fourth-order valence-corrected chi connectivity index (χ4v) is 6.36. The Hall–Kier alpha value is -3.61. The van der Waals surface area contributed by atoms with E-state index in [2.05, 4.69) is 84.9 Å². The van der Waals surface area contributed by atoms with Gasteiger partial charge in [-0.05, 0) is 11.1 Å². The van der Waals surface area contributed by atoms with E-state index < -0.39 is 0 Å². The zero-order valence-electron chi connectivity index (χ0n) is 21.3. The minimum atomic E-state index is -0.383. The zero-order valence-corrected chi connectivity index (χ0v) is 23.5.